The minimum absolute atomic E-state index is 0.115. The first kappa shape index (κ1) is 18.4. The fourth-order valence-electron chi connectivity index (χ4n) is 4.40. The van der Waals surface area contributed by atoms with E-state index in [9.17, 15) is 0 Å². The van der Waals surface area contributed by atoms with Gasteiger partial charge in [-0.15, -0.1) is 0 Å². The molecular weight excluding hydrogens is 390 g/mol. The summed E-state index contributed by atoms with van der Waals surface area (Å²) in [5.41, 5.74) is 9.61. The molecule has 0 radical (unpaired) electrons. The summed E-state index contributed by atoms with van der Waals surface area (Å²) in [6.45, 7) is -0.225. The summed E-state index contributed by atoms with van der Waals surface area (Å²) in [7, 11) is 0. The third-order valence-corrected chi connectivity index (χ3v) is 6.14. The van der Waals surface area contributed by atoms with Crippen molar-refractivity contribution in [2.24, 2.45) is 0 Å². The first-order valence-corrected chi connectivity index (χ1v) is 10.2. The number of aromatic nitrogens is 4. The van der Waals surface area contributed by atoms with Gasteiger partial charge >= 0.3 is 0 Å². The lowest BCUT2D eigenvalue weighted by Crippen LogP contribution is -2.22. The molecule has 0 aliphatic heterocycles. The Morgan fingerprint density at radius 1 is 1.28 bits per heavy atom. The van der Waals surface area contributed by atoms with Gasteiger partial charge in [-0.25, -0.2) is 9.97 Å². The van der Waals surface area contributed by atoms with E-state index in [0.717, 1.165) is 59.3 Å². The lowest BCUT2D eigenvalue weighted by atomic mass is 9.87. The first-order valence-electron chi connectivity index (χ1n) is 9.78. The van der Waals surface area contributed by atoms with Crippen molar-refractivity contribution >= 4 is 33.8 Å². The number of aliphatic hydroxyl groups is 1. The smallest absolute Gasteiger partial charge is 0.150 e. The second-order valence-corrected chi connectivity index (χ2v) is 7.91. The van der Waals surface area contributed by atoms with Crippen molar-refractivity contribution in [1.82, 2.24) is 19.4 Å². The maximum Gasteiger partial charge on any atom is 0.150 e. The van der Waals surface area contributed by atoms with Gasteiger partial charge in [0.05, 0.1) is 22.3 Å². The molecule has 3 aromatic heterocycles. The standard InChI is InChI=1S/C21H22ClN5O2/c22-15-3-1-2-13-10-16(25-17(13)15)18-19-20(23)24-8-9-27(19)21(26-18)12-4-6-14(7-5-12)29-11-28/h1-3,8-10,12,14,25,28H,4-7,11H2,(H2,23,24). The summed E-state index contributed by atoms with van der Waals surface area (Å²) in [5.74, 6) is 1.73. The summed E-state index contributed by atoms with van der Waals surface area (Å²) in [6, 6.07) is 7.86. The Kier molecular flexibility index (Phi) is 4.66. The Labute approximate surface area is 172 Å². The number of rotatable bonds is 4. The number of para-hydroxylation sites is 1. The van der Waals surface area contributed by atoms with Crippen molar-refractivity contribution < 1.29 is 9.84 Å². The molecule has 0 amide bonds. The lowest BCUT2D eigenvalue weighted by molar-refractivity contribution is -0.0643. The Hall–Kier alpha value is -2.61. The van der Waals surface area contributed by atoms with Crippen molar-refractivity contribution in [3.8, 4) is 11.4 Å². The van der Waals surface area contributed by atoms with Crippen LogP contribution in [-0.4, -0.2) is 37.4 Å². The van der Waals surface area contributed by atoms with E-state index < -0.39 is 0 Å². The third kappa shape index (κ3) is 3.15. The number of nitrogens with one attached hydrogen (secondary N) is 1. The molecule has 5 rings (SSSR count). The van der Waals surface area contributed by atoms with E-state index in [1.807, 2.05) is 30.5 Å². The molecule has 0 spiro atoms. The monoisotopic (exact) mass is 411 g/mol. The van der Waals surface area contributed by atoms with Crippen LogP contribution in [0.2, 0.25) is 5.02 Å². The largest absolute Gasteiger partial charge is 0.382 e. The Balaban J connectivity index is 1.60. The number of halogens is 1. The molecule has 3 heterocycles. The number of imidazole rings is 1. The van der Waals surface area contributed by atoms with E-state index in [2.05, 4.69) is 14.4 Å². The Bertz CT molecular complexity index is 1180. The quantitative estimate of drug-likeness (QED) is 0.439. The molecule has 0 atom stereocenters. The second kappa shape index (κ2) is 7.33. The van der Waals surface area contributed by atoms with E-state index in [4.69, 9.17) is 32.2 Å². The average molecular weight is 412 g/mol. The molecule has 0 bridgehead atoms. The molecule has 1 aliphatic rings. The van der Waals surface area contributed by atoms with Crippen molar-refractivity contribution in [1.29, 1.82) is 0 Å². The molecule has 4 aromatic rings. The summed E-state index contributed by atoms with van der Waals surface area (Å²) in [5, 5.41) is 10.7. The topological polar surface area (TPSA) is 101 Å². The molecule has 1 fully saturated rings. The molecule has 0 unspecified atom stereocenters. The molecule has 1 aromatic carbocycles. The van der Waals surface area contributed by atoms with Crippen molar-refractivity contribution in [3.63, 3.8) is 0 Å². The SMILES string of the molecule is Nc1nccn2c(C3CCC(OCO)CC3)nc(-c3cc4cccc(Cl)c4[nH]3)c12. The van der Waals surface area contributed by atoms with Crippen LogP contribution < -0.4 is 5.73 Å². The maximum atomic E-state index is 9.01. The van der Waals surface area contributed by atoms with E-state index in [-0.39, 0.29) is 12.9 Å². The Morgan fingerprint density at radius 2 is 2.10 bits per heavy atom. The second-order valence-electron chi connectivity index (χ2n) is 7.51. The van der Waals surface area contributed by atoms with Crippen LogP contribution in [0.4, 0.5) is 5.82 Å². The molecule has 0 saturated heterocycles. The number of nitrogens with zero attached hydrogens (tertiary/aromatic N) is 3. The number of fused-ring (bicyclic) bond motifs is 2. The molecule has 7 nitrogen and oxygen atoms in total. The number of nitrogen functional groups attached to an aromatic ring is 1. The van der Waals surface area contributed by atoms with Crippen LogP contribution in [0.1, 0.15) is 37.4 Å². The number of hydrogen-bond donors (Lipinski definition) is 3. The number of ether oxygens (including phenoxy) is 1. The number of anilines is 1. The summed E-state index contributed by atoms with van der Waals surface area (Å²) >= 11 is 6.35. The predicted molar refractivity (Wildman–Crippen MR) is 113 cm³/mol. The van der Waals surface area contributed by atoms with Gasteiger partial charge in [-0.2, -0.15) is 0 Å². The number of aromatic amines is 1. The zero-order chi connectivity index (χ0) is 20.0. The fourth-order valence-corrected chi connectivity index (χ4v) is 4.63. The average Bonchev–Trinajstić information content (AvgIpc) is 3.32. The van der Waals surface area contributed by atoms with Gasteiger partial charge in [0, 0.05) is 23.7 Å². The van der Waals surface area contributed by atoms with Crippen LogP contribution in [0.15, 0.2) is 36.7 Å². The van der Waals surface area contributed by atoms with Gasteiger partial charge < -0.3 is 20.6 Å². The molecule has 150 valence electrons. The molecule has 4 N–H and O–H groups in total. The summed E-state index contributed by atoms with van der Waals surface area (Å²) < 4.78 is 7.43. The van der Waals surface area contributed by atoms with E-state index in [1.165, 1.54) is 0 Å². The first-order chi connectivity index (χ1) is 14.2. The maximum absolute atomic E-state index is 9.01. The Morgan fingerprint density at radius 3 is 2.86 bits per heavy atom. The van der Waals surface area contributed by atoms with Crippen molar-refractivity contribution in [3.05, 3.63) is 47.5 Å². The predicted octanol–water partition coefficient (Wildman–Crippen LogP) is 4.11. The number of hydrogen-bond acceptors (Lipinski definition) is 5. The van der Waals surface area contributed by atoms with Crippen molar-refractivity contribution in [2.45, 2.75) is 37.7 Å². The van der Waals surface area contributed by atoms with Crippen molar-refractivity contribution in [2.75, 3.05) is 12.5 Å². The van der Waals surface area contributed by atoms with Gasteiger partial charge in [0.2, 0.25) is 0 Å². The fraction of sp³-hybridized carbons (Fsp3) is 0.333. The summed E-state index contributed by atoms with van der Waals surface area (Å²) in [6.07, 6.45) is 7.44. The van der Waals surface area contributed by atoms with E-state index in [1.54, 1.807) is 6.20 Å². The van der Waals surface area contributed by atoms with E-state index in [0.29, 0.717) is 16.8 Å². The normalized spacial score (nSPS) is 19.9. The number of benzene rings is 1. The van der Waals surface area contributed by atoms with Gasteiger partial charge in [0.25, 0.3) is 0 Å². The van der Waals surface area contributed by atoms with Gasteiger partial charge in [-0.3, -0.25) is 4.40 Å². The minimum atomic E-state index is -0.225. The molecule has 8 heteroatoms. The molecule has 1 saturated carbocycles. The van der Waals surface area contributed by atoms with Gasteiger partial charge in [-0.05, 0) is 37.8 Å². The van der Waals surface area contributed by atoms with Crippen LogP contribution in [0.3, 0.4) is 0 Å². The number of nitrogens with two attached hydrogens (primary N) is 1. The highest BCUT2D eigenvalue weighted by atomic mass is 35.5. The summed E-state index contributed by atoms with van der Waals surface area (Å²) in [4.78, 5) is 12.7. The number of aliphatic hydroxyl groups excluding tert-OH is 1. The number of H-pyrrole nitrogens is 1. The van der Waals surface area contributed by atoms with Gasteiger partial charge in [0.15, 0.2) is 0 Å². The van der Waals surface area contributed by atoms with Crippen LogP contribution in [0.25, 0.3) is 27.8 Å². The van der Waals surface area contributed by atoms with Crippen LogP contribution in [-0.2, 0) is 4.74 Å². The highest BCUT2D eigenvalue weighted by Crippen LogP contribution is 2.38. The van der Waals surface area contributed by atoms with Crippen LogP contribution >= 0.6 is 11.6 Å². The van der Waals surface area contributed by atoms with E-state index >= 15 is 0 Å². The minimum Gasteiger partial charge on any atom is -0.382 e. The molecule has 1 aliphatic carbocycles. The van der Waals surface area contributed by atoms with Crippen LogP contribution in [0.5, 0.6) is 0 Å². The lowest BCUT2D eigenvalue weighted by Gasteiger charge is -2.27. The highest BCUT2D eigenvalue weighted by Gasteiger charge is 2.28. The zero-order valence-corrected chi connectivity index (χ0v) is 16.6. The van der Waals surface area contributed by atoms with Crippen LogP contribution in [0, 0.1) is 0 Å². The molecule has 29 heavy (non-hydrogen) atoms. The highest BCUT2D eigenvalue weighted by molar-refractivity contribution is 6.35. The third-order valence-electron chi connectivity index (χ3n) is 5.82. The van der Waals surface area contributed by atoms with Gasteiger partial charge in [0.1, 0.15) is 29.6 Å². The zero-order valence-electron chi connectivity index (χ0n) is 15.8. The molecular formula is C21H22ClN5O2. The van der Waals surface area contributed by atoms with Gasteiger partial charge in [-0.1, -0.05) is 23.7 Å².